The molecule has 2 heteroatoms. The lowest BCUT2D eigenvalue weighted by molar-refractivity contribution is 0.0901. The van der Waals surface area contributed by atoms with Crippen LogP contribution < -0.4 is 0 Å². The Morgan fingerprint density at radius 2 is 1.92 bits per heavy atom. The van der Waals surface area contributed by atoms with Crippen molar-refractivity contribution in [2.24, 2.45) is 5.92 Å². The Bertz CT molecular complexity index is 141. The molecule has 1 N–H and O–H groups in total. The average molecular weight is 189 g/mol. The highest BCUT2D eigenvalue weighted by atomic mass is 35.5. The molecule has 1 rings (SSSR count). The molecule has 0 radical (unpaired) electrons. The molecule has 2 atom stereocenters. The molecule has 70 valence electrons. The van der Waals surface area contributed by atoms with Crippen molar-refractivity contribution in [1.29, 1.82) is 0 Å². The minimum Gasteiger partial charge on any atom is -0.391 e. The highest BCUT2D eigenvalue weighted by molar-refractivity contribution is 6.22. The molecule has 0 saturated heterocycles. The van der Waals surface area contributed by atoms with Crippen LogP contribution in [0.25, 0.3) is 0 Å². The van der Waals surface area contributed by atoms with Crippen LogP contribution in [-0.2, 0) is 0 Å². The Hall–Kier alpha value is -0.0100. The normalized spacial score (nSPS) is 24.8. The minimum atomic E-state index is -0.385. The fourth-order valence-electron chi connectivity index (χ4n) is 1.88. The maximum Gasteiger partial charge on any atom is 0.0775 e. The van der Waals surface area contributed by atoms with E-state index in [0.717, 1.165) is 12.8 Å². The third kappa shape index (κ3) is 2.49. The van der Waals surface area contributed by atoms with E-state index in [9.17, 15) is 5.11 Å². The maximum atomic E-state index is 9.74. The van der Waals surface area contributed by atoms with E-state index in [1.165, 1.54) is 19.3 Å². The summed E-state index contributed by atoms with van der Waals surface area (Å²) in [5.41, 5.74) is 0. The molecular formula is C10H17ClO. The van der Waals surface area contributed by atoms with Crippen LogP contribution in [0.1, 0.15) is 32.1 Å². The third-order valence-corrected chi connectivity index (χ3v) is 3.12. The quantitative estimate of drug-likeness (QED) is 0.534. The molecule has 1 fully saturated rings. The third-order valence-electron chi connectivity index (χ3n) is 2.68. The van der Waals surface area contributed by atoms with Crippen molar-refractivity contribution in [2.75, 3.05) is 0 Å². The van der Waals surface area contributed by atoms with Gasteiger partial charge in [0, 0.05) is 0 Å². The summed E-state index contributed by atoms with van der Waals surface area (Å²) in [6.45, 7) is 3.58. The molecule has 0 unspecified atom stereocenters. The lowest BCUT2D eigenvalue weighted by Crippen LogP contribution is -2.30. The highest BCUT2D eigenvalue weighted by Crippen LogP contribution is 2.29. The second-order valence-electron chi connectivity index (χ2n) is 3.57. The summed E-state index contributed by atoms with van der Waals surface area (Å²) in [5.74, 6) is 0.402. The lowest BCUT2D eigenvalue weighted by atomic mass is 9.84. The molecule has 0 aromatic carbocycles. The van der Waals surface area contributed by atoms with Gasteiger partial charge in [-0.3, -0.25) is 0 Å². The summed E-state index contributed by atoms with van der Waals surface area (Å²) in [6.07, 6.45) is 7.27. The molecule has 1 aliphatic carbocycles. The van der Waals surface area contributed by atoms with Crippen LogP contribution in [-0.4, -0.2) is 16.6 Å². The van der Waals surface area contributed by atoms with Crippen molar-refractivity contribution in [3.8, 4) is 0 Å². The van der Waals surface area contributed by atoms with Gasteiger partial charge in [-0.25, -0.2) is 0 Å². The molecule has 0 spiro atoms. The van der Waals surface area contributed by atoms with Crippen LogP contribution in [0.2, 0.25) is 0 Å². The molecule has 0 amide bonds. The second kappa shape index (κ2) is 4.88. The number of halogens is 1. The van der Waals surface area contributed by atoms with Crippen LogP contribution in [0.4, 0.5) is 0 Å². The van der Waals surface area contributed by atoms with E-state index < -0.39 is 0 Å². The van der Waals surface area contributed by atoms with Crippen LogP contribution in [0.15, 0.2) is 12.7 Å². The smallest absolute Gasteiger partial charge is 0.0775 e. The summed E-state index contributed by atoms with van der Waals surface area (Å²) in [7, 11) is 0. The lowest BCUT2D eigenvalue weighted by Gasteiger charge is -2.28. The molecule has 0 aromatic rings. The van der Waals surface area contributed by atoms with Crippen molar-refractivity contribution in [2.45, 2.75) is 43.6 Å². The predicted molar refractivity (Wildman–Crippen MR) is 52.4 cm³/mol. The standard InChI is InChI=1S/C10H17ClO/c1-2-9(11)10(12)8-6-4-3-5-7-8/h2,8-10,12H,1,3-7H2/t9-,10-/m1/s1. The van der Waals surface area contributed by atoms with Crippen LogP contribution in [0.5, 0.6) is 0 Å². The summed E-state index contributed by atoms with van der Waals surface area (Å²) < 4.78 is 0. The average Bonchev–Trinajstić information content (AvgIpc) is 2.17. The topological polar surface area (TPSA) is 20.2 Å². The largest absolute Gasteiger partial charge is 0.391 e. The van der Waals surface area contributed by atoms with E-state index in [1.807, 2.05) is 0 Å². The van der Waals surface area contributed by atoms with Crippen molar-refractivity contribution in [1.82, 2.24) is 0 Å². The first-order chi connectivity index (χ1) is 5.75. The van der Waals surface area contributed by atoms with Gasteiger partial charge in [0.15, 0.2) is 0 Å². The number of alkyl halides is 1. The fraction of sp³-hybridized carbons (Fsp3) is 0.800. The number of aliphatic hydroxyl groups excluding tert-OH is 1. The number of hydrogen-bond donors (Lipinski definition) is 1. The Labute approximate surface area is 79.4 Å². The molecule has 0 heterocycles. The molecule has 0 aliphatic heterocycles. The SMILES string of the molecule is C=C[C@@H](Cl)[C@H](O)C1CCCCC1. The number of aliphatic hydroxyl groups is 1. The molecule has 1 aliphatic rings. The first kappa shape index (κ1) is 10.1. The van der Waals surface area contributed by atoms with Gasteiger partial charge in [-0.2, -0.15) is 0 Å². The van der Waals surface area contributed by atoms with E-state index in [0.29, 0.717) is 5.92 Å². The van der Waals surface area contributed by atoms with Gasteiger partial charge in [0.1, 0.15) is 0 Å². The Kier molecular flexibility index (Phi) is 4.10. The number of hydrogen-bond acceptors (Lipinski definition) is 1. The highest BCUT2D eigenvalue weighted by Gasteiger charge is 2.25. The molecular weight excluding hydrogens is 172 g/mol. The second-order valence-corrected chi connectivity index (χ2v) is 4.07. The van der Waals surface area contributed by atoms with E-state index >= 15 is 0 Å². The number of rotatable bonds is 3. The van der Waals surface area contributed by atoms with Gasteiger partial charge in [-0.05, 0) is 18.8 Å². The monoisotopic (exact) mass is 188 g/mol. The van der Waals surface area contributed by atoms with E-state index in [2.05, 4.69) is 6.58 Å². The van der Waals surface area contributed by atoms with Crippen molar-refractivity contribution in [3.63, 3.8) is 0 Å². The predicted octanol–water partition coefficient (Wildman–Crippen LogP) is 2.72. The van der Waals surface area contributed by atoms with Gasteiger partial charge in [-0.1, -0.05) is 25.3 Å². The maximum absolute atomic E-state index is 9.74. The fourth-order valence-corrected chi connectivity index (χ4v) is 2.08. The van der Waals surface area contributed by atoms with Gasteiger partial charge in [0.2, 0.25) is 0 Å². The van der Waals surface area contributed by atoms with Crippen molar-refractivity contribution in [3.05, 3.63) is 12.7 Å². The van der Waals surface area contributed by atoms with Crippen molar-refractivity contribution >= 4 is 11.6 Å². The zero-order valence-electron chi connectivity index (χ0n) is 7.38. The van der Waals surface area contributed by atoms with Gasteiger partial charge >= 0.3 is 0 Å². The zero-order valence-corrected chi connectivity index (χ0v) is 8.13. The summed E-state index contributed by atoms with van der Waals surface area (Å²) in [4.78, 5) is 0. The van der Waals surface area contributed by atoms with Gasteiger partial charge in [0.05, 0.1) is 11.5 Å². The molecule has 1 nitrogen and oxygen atoms in total. The van der Waals surface area contributed by atoms with Crippen LogP contribution in [0, 0.1) is 5.92 Å². The first-order valence-corrected chi connectivity index (χ1v) is 5.14. The first-order valence-electron chi connectivity index (χ1n) is 4.70. The summed E-state index contributed by atoms with van der Waals surface area (Å²) in [5, 5.41) is 9.47. The summed E-state index contributed by atoms with van der Waals surface area (Å²) in [6, 6.07) is 0. The zero-order chi connectivity index (χ0) is 8.97. The Morgan fingerprint density at radius 3 is 2.42 bits per heavy atom. The molecule has 12 heavy (non-hydrogen) atoms. The van der Waals surface area contributed by atoms with Crippen molar-refractivity contribution < 1.29 is 5.11 Å². The van der Waals surface area contributed by atoms with Crippen LogP contribution in [0.3, 0.4) is 0 Å². The Morgan fingerprint density at radius 1 is 1.33 bits per heavy atom. The van der Waals surface area contributed by atoms with E-state index in [4.69, 9.17) is 11.6 Å². The van der Waals surface area contributed by atoms with Gasteiger partial charge < -0.3 is 5.11 Å². The van der Waals surface area contributed by atoms with E-state index in [1.54, 1.807) is 6.08 Å². The Balaban J connectivity index is 2.38. The molecule has 0 bridgehead atoms. The summed E-state index contributed by atoms with van der Waals surface area (Å²) >= 11 is 5.88. The van der Waals surface area contributed by atoms with Gasteiger partial charge in [0.25, 0.3) is 0 Å². The van der Waals surface area contributed by atoms with Crippen LogP contribution >= 0.6 is 11.6 Å². The minimum absolute atomic E-state index is 0.270. The van der Waals surface area contributed by atoms with E-state index in [-0.39, 0.29) is 11.5 Å². The van der Waals surface area contributed by atoms with Gasteiger partial charge in [-0.15, -0.1) is 18.2 Å². The molecule has 1 saturated carbocycles. The molecule has 0 aromatic heterocycles.